The predicted molar refractivity (Wildman–Crippen MR) is 166 cm³/mol. The highest BCUT2D eigenvalue weighted by atomic mass is 16.7. The zero-order valence-electron chi connectivity index (χ0n) is 26.8. The molecule has 0 radical (unpaired) electrons. The van der Waals surface area contributed by atoms with E-state index in [1.165, 1.54) is 148 Å². The molecule has 1 saturated carbocycles. The lowest BCUT2D eigenvalue weighted by Crippen LogP contribution is -2.61. The van der Waals surface area contributed by atoms with E-state index in [1.54, 1.807) is 0 Å². The van der Waals surface area contributed by atoms with Crippen molar-refractivity contribution in [3.8, 4) is 0 Å². The number of hydrogen-bond donors (Lipinski definition) is 1. The lowest BCUT2D eigenvalue weighted by atomic mass is 9.73. The van der Waals surface area contributed by atoms with Crippen LogP contribution in [0.15, 0.2) is 0 Å². The molecule has 2 fully saturated rings. The van der Waals surface area contributed by atoms with Crippen LogP contribution in [-0.2, 0) is 9.63 Å². The molecule has 1 aliphatic carbocycles. The Hall–Kier alpha value is -0.610. The zero-order chi connectivity index (χ0) is 28.4. The minimum Gasteiger partial charge on any atom is -0.481 e. The van der Waals surface area contributed by atoms with Gasteiger partial charge in [0.1, 0.15) is 0 Å². The van der Waals surface area contributed by atoms with Crippen molar-refractivity contribution in [1.29, 1.82) is 0 Å². The van der Waals surface area contributed by atoms with Crippen LogP contribution in [0.25, 0.3) is 0 Å². The molecule has 1 saturated heterocycles. The van der Waals surface area contributed by atoms with Gasteiger partial charge < -0.3 is 5.11 Å². The lowest BCUT2D eigenvalue weighted by molar-refractivity contribution is -0.314. The van der Waals surface area contributed by atoms with Gasteiger partial charge in [0.2, 0.25) is 0 Å². The van der Waals surface area contributed by atoms with Crippen LogP contribution in [0.1, 0.15) is 195 Å². The van der Waals surface area contributed by atoms with E-state index in [0.29, 0.717) is 12.5 Å². The van der Waals surface area contributed by atoms with Crippen LogP contribution in [0.2, 0.25) is 0 Å². The number of aliphatic carboxylic acids is 1. The first kappa shape index (κ1) is 34.6. The molecule has 1 heterocycles. The normalized spacial score (nSPS) is 20.4. The van der Waals surface area contributed by atoms with Crippen molar-refractivity contribution in [3.63, 3.8) is 0 Å². The smallest absolute Gasteiger partial charge is 0.303 e. The Bertz CT molecular complexity index is 607. The maximum absolute atomic E-state index is 10.5. The number of carbonyl (C=O) groups is 1. The molecule has 0 bridgehead atoms. The predicted octanol–water partition coefficient (Wildman–Crippen LogP) is 11.0. The summed E-state index contributed by atoms with van der Waals surface area (Å²) in [4.78, 5) is 17.2. The first-order valence-electron chi connectivity index (χ1n) is 17.4. The van der Waals surface area contributed by atoms with Crippen molar-refractivity contribution in [2.75, 3.05) is 0 Å². The molecule has 0 aromatic heterocycles. The maximum Gasteiger partial charge on any atom is 0.303 e. The largest absolute Gasteiger partial charge is 0.481 e. The molecule has 0 aromatic rings. The summed E-state index contributed by atoms with van der Waals surface area (Å²) < 4.78 is 0. The number of unbranched alkanes of at least 4 members (excludes halogenated alkanes) is 16. The van der Waals surface area contributed by atoms with Crippen LogP contribution in [0.3, 0.4) is 0 Å². The van der Waals surface area contributed by atoms with Crippen LogP contribution < -0.4 is 0 Å². The molecule has 0 atom stereocenters. The summed E-state index contributed by atoms with van der Waals surface area (Å²) in [5, 5.41) is 11.1. The minimum absolute atomic E-state index is 0.133. The van der Waals surface area contributed by atoms with Crippen LogP contribution in [-0.4, -0.2) is 33.3 Å². The van der Waals surface area contributed by atoms with E-state index < -0.39 is 5.97 Å². The van der Waals surface area contributed by atoms with Gasteiger partial charge in [0.25, 0.3) is 0 Å². The van der Waals surface area contributed by atoms with Crippen LogP contribution in [0, 0.1) is 5.92 Å². The van der Waals surface area contributed by atoms with Gasteiger partial charge >= 0.3 is 5.97 Å². The molecule has 0 aromatic carbocycles. The fraction of sp³-hybridized carbons (Fsp3) is 0.971. The third-order valence-electron chi connectivity index (χ3n) is 9.49. The molecule has 2 aliphatic rings. The number of hydroxylamine groups is 2. The summed E-state index contributed by atoms with van der Waals surface area (Å²) >= 11 is 0. The van der Waals surface area contributed by atoms with Crippen molar-refractivity contribution in [1.82, 2.24) is 5.06 Å². The molecular formula is C35H67NO3. The topological polar surface area (TPSA) is 49.8 Å². The number of carboxylic acid groups (broad SMARTS) is 1. The van der Waals surface area contributed by atoms with Gasteiger partial charge in [0, 0.05) is 17.5 Å². The summed E-state index contributed by atoms with van der Waals surface area (Å²) in [7, 11) is 0. The van der Waals surface area contributed by atoms with Crippen LogP contribution in [0.5, 0.6) is 0 Å². The van der Waals surface area contributed by atoms with Crippen molar-refractivity contribution in [2.24, 2.45) is 5.92 Å². The average molecular weight is 550 g/mol. The quantitative estimate of drug-likeness (QED) is 0.136. The highest BCUT2D eigenvalue weighted by Crippen LogP contribution is 2.44. The number of nitrogens with zero attached hydrogens (tertiary/aromatic N) is 1. The Morgan fingerprint density at radius 2 is 1.03 bits per heavy atom. The van der Waals surface area contributed by atoms with Crippen LogP contribution in [0.4, 0.5) is 0 Å². The first-order chi connectivity index (χ1) is 18.7. The van der Waals surface area contributed by atoms with E-state index >= 15 is 0 Å². The molecule has 2 rings (SSSR count). The zero-order valence-corrected chi connectivity index (χ0v) is 26.8. The number of hydrogen-bond acceptors (Lipinski definition) is 3. The lowest BCUT2D eigenvalue weighted by Gasteiger charge is -2.55. The molecule has 39 heavy (non-hydrogen) atoms. The highest BCUT2D eigenvalue weighted by molar-refractivity contribution is 5.66. The van der Waals surface area contributed by atoms with E-state index in [9.17, 15) is 4.79 Å². The van der Waals surface area contributed by atoms with Crippen molar-refractivity contribution < 1.29 is 14.7 Å². The van der Waals surface area contributed by atoms with Gasteiger partial charge in [0.05, 0.1) is 6.10 Å². The SMILES string of the molecule is CC1(C)CC(CCCCCCCCCCCCCCCCCCCC(=O)O)CC(C)(C)N1OC1CCCCC1. The molecular weight excluding hydrogens is 482 g/mol. The summed E-state index contributed by atoms with van der Waals surface area (Å²) in [5.41, 5.74) is 0.267. The second kappa shape index (κ2) is 19.5. The molecule has 1 aliphatic heterocycles. The van der Waals surface area contributed by atoms with E-state index in [4.69, 9.17) is 9.94 Å². The van der Waals surface area contributed by atoms with Gasteiger partial charge in [-0.15, -0.1) is 0 Å². The van der Waals surface area contributed by atoms with Crippen molar-refractivity contribution in [2.45, 2.75) is 212 Å². The molecule has 0 amide bonds. The molecule has 1 N–H and O–H groups in total. The van der Waals surface area contributed by atoms with Gasteiger partial charge in [-0.25, -0.2) is 0 Å². The van der Waals surface area contributed by atoms with Gasteiger partial charge in [-0.1, -0.05) is 128 Å². The van der Waals surface area contributed by atoms with E-state index in [0.717, 1.165) is 18.8 Å². The Morgan fingerprint density at radius 3 is 1.44 bits per heavy atom. The molecule has 4 heteroatoms. The van der Waals surface area contributed by atoms with E-state index in [1.807, 2.05) is 0 Å². The summed E-state index contributed by atoms with van der Waals surface area (Å²) in [6.45, 7) is 9.66. The van der Waals surface area contributed by atoms with Gasteiger partial charge in [-0.2, -0.15) is 5.06 Å². The van der Waals surface area contributed by atoms with E-state index in [-0.39, 0.29) is 11.1 Å². The molecule has 230 valence electrons. The fourth-order valence-corrected chi connectivity index (χ4v) is 7.64. The Balaban J connectivity index is 1.39. The molecule has 4 nitrogen and oxygen atoms in total. The van der Waals surface area contributed by atoms with Crippen LogP contribution >= 0.6 is 0 Å². The highest BCUT2D eigenvalue weighted by Gasteiger charge is 2.47. The van der Waals surface area contributed by atoms with Gasteiger partial charge in [-0.05, 0) is 65.7 Å². The third-order valence-corrected chi connectivity index (χ3v) is 9.49. The first-order valence-corrected chi connectivity index (χ1v) is 17.4. The number of carboxylic acids is 1. The Labute approximate surface area is 243 Å². The Kier molecular flexibility index (Phi) is 17.3. The van der Waals surface area contributed by atoms with Gasteiger partial charge in [0.15, 0.2) is 0 Å². The fourth-order valence-electron chi connectivity index (χ4n) is 7.64. The average Bonchev–Trinajstić information content (AvgIpc) is 2.87. The van der Waals surface area contributed by atoms with Crippen molar-refractivity contribution >= 4 is 5.97 Å². The monoisotopic (exact) mass is 550 g/mol. The maximum atomic E-state index is 10.5. The standard InChI is InChI=1S/C35H67NO3/c1-34(2)29-31(30-35(3,4)36(34)39-32-26-22-20-23-27-32)25-21-18-16-14-12-10-8-6-5-7-9-11-13-15-17-19-24-28-33(37)38/h31-32H,5-30H2,1-4H3,(H,37,38). The molecule has 0 unspecified atom stereocenters. The Morgan fingerprint density at radius 1 is 0.641 bits per heavy atom. The number of piperidine rings is 1. The third kappa shape index (κ3) is 15.3. The van der Waals surface area contributed by atoms with E-state index in [2.05, 4.69) is 32.8 Å². The second-order valence-electron chi connectivity index (χ2n) is 14.5. The second-order valence-corrected chi connectivity index (χ2v) is 14.5. The van der Waals surface area contributed by atoms with Crippen molar-refractivity contribution in [3.05, 3.63) is 0 Å². The summed E-state index contributed by atoms with van der Waals surface area (Å²) in [6, 6.07) is 0. The minimum atomic E-state index is -0.652. The molecule has 0 spiro atoms. The summed E-state index contributed by atoms with van der Waals surface area (Å²) in [6.07, 6.45) is 34.0. The van der Waals surface area contributed by atoms with Gasteiger partial charge in [-0.3, -0.25) is 9.63 Å². The summed E-state index contributed by atoms with van der Waals surface area (Å²) in [5.74, 6) is 0.186. The number of rotatable bonds is 22.